The Morgan fingerprint density at radius 2 is 2.15 bits per heavy atom. The molecule has 2 aromatic rings. The van der Waals surface area contributed by atoms with E-state index < -0.39 is 5.92 Å². The van der Waals surface area contributed by atoms with Crippen LogP contribution in [0.4, 0.5) is 0 Å². The van der Waals surface area contributed by atoms with Crippen LogP contribution in [0.15, 0.2) is 24.3 Å². The highest BCUT2D eigenvalue weighted by Crippen LogP contribution is 2.30. The molecule has 0 N–H and O–H groups in total. The van der Waals surface area contributed by atoms with Crippen molar-refractivity contribution in [1.29, 1.82) is 5.26 Å². The lowest BCUT2D eigenvalue weighted by Gasteiger charge is -2.17. The van der Waals surface area contributed by atoms with Crippen molar-refractivity contribution in [2.45, 2.75) is 31.4 Å². The van der Waals surface area contributed by atoms with Crippen LogP contribution >= 0.6 is 23.1 Å². The van der Waals surface area contributed by atoms with E-state index in [9.17, 15) is 10.1 Å². The predicted molar refractivity (Wildman–Crippen MR) is 85.2 cm³/mol. The molecule has 0 aliphatic rings. The predicted octanol–water partition coefficient (Wildman–Crippen LogP) is 4.00. The molecule has 1 aromatic heterocycles. The van der Waals surface area contributed by atoms with Crippen LogP contribution in [-0.2, 0) is 4.79 Å². The summed E-state index contributed by atoms with van der Waals surface area (Å²) in [7, 11) is 0. The van der Waals surface area contributed by atoms with Crippen molar-refractivity contribution < 1.29 is 4.79 Å². The van der Waals surface area contributed by atoms with Crippen LogP contribution in [0.2, 0.25) is 0 Å². The molecule has 20 heavy (non-hydrogen) atoms. The van der Waals surface area contributed by atoms with Crippen LogP contribution in [0, 0.1) is 11.3 Å². The first-order valence-electron chi connectivity index (χ1n) is 6.32. The second-order valence-electron chi connectivity index (χ2n) is 5.45. The minimum absolute atomic E-state index is 0.0171. The van der Waals surface area contributed by atoms with Gasteiger partial charge in [0.2, 0.25) is 0 Å². The molecule has 1 unspecified atom stereocenters. The minimum Gasteiger partial charge on any atom is -0.297 e. The van der Waals surface area contributed by atoms with E-state index in [0.29, 0.717) is 10.8 Å². The summed E-state index contributed by atoms with van der Waals surface area (Å²) in [6.07, 6.45) is 0. The molecular weight excluding hydrogens is 288 g/mol. The fraction of sp³-hybridized carbons (Fsp3) is 0.400. The zero-order valence-electron chi connectivity index (χ0n) is 11.7. The summed E-state index contributed by atoms with van der Waals surface area (Å²) >= 11 is 2.99. The Bertz CT molecular complexity index is 631. The number of Topliss-reactive ketones (excluding diaryl/α,β-unsaturated/α-hetero) is 1. The normalized spacial score (nSPS) is 13.1. The van der Waals surface area contributed by atoms with Crippen molar-refractivity contribution in [2.75, 3.05) is 5.75 Å². The average Bonchev–Trinajstić information content (AvgIpc) is 2.79. The maximum atomic E-state index is 12.2. The second kappa shape index (κ2) is 5.94. The lowest BCUT2D eigenvalue weighted by molar-refractivity contribution is -0.116. The zero-order valence-corrected chi connectivity index (χ0v) is 13.3. The van der Waals surface area contributed by atoms with Crippen molar-refractivity contribution in [3.05, 3.63) is 29.3 Å². The van der Waals surface area contributed by atoms with E-state index in [0.717, 1.165) is 10.2 Å². The Labute approximate surface area is 127 Å². The maximum Gasteiger partial charge on any atom is 0.166 e. The summed E-state index contributed by atoms with van der Waals surface area (Å²) in [6, 6.07) is 9.80. The highest BCUT2D eigenvalue weighted by Gasteiger charge is 2.25. The molecule has 0 amide bonds. The summed E-state index contributed by atoms with van der Waals surface area (Å²) < 4.78 is 1.03. The maximum absolute atomic E-state index is 12.2. The molecule has 3 nitrogen and oxygen atoms in total. The lowest BCUT2D eigenvalue weighted by atomic mass is 10.1. The number of hydrogen-bond donors (Lipinski definition) is 0. The van der Waals surface area contributed by atoms with Gasteiger partial charge >= 0.3 is 0 Å². The summed E-state index contributed by atoms with van der Waals surface area (Å²) in [5.41, 5.74) is 0.851. The van der Waals surface area contributed by atoms with Crippen molar-refractivity contribution in [1.82, 2.24) is 4.98 Å². The number of ketones is 1. The Morgan fingerprint density at radius 1 is 1.45 bits per heavy atom. The highest BCUT2D eigenvalue weighted by molar-refractivity contribution is 8.01. The summed E-state index contributed by atoms with van der Waals surface area (Å²) in [5, 5.41) is 9.90. The van der Waals surface area contributed by atoms with Gasteiger partial charge in [0.1, 0.15) is 5.01 Å². The third kappa shape index (κ3) is 3.59. The van der Waals surface area contributed by atoms with Gasteiger partial charge in [0.25, 0.3) is 0 Å². The van der Waals surface area contributed by atoms with Crippen LogP contribution < -0.4 is 0 Å². The van der Waals surface area contributed by atoms with Crippen molar-refractivity contribution >= 4 is 39.1 Å². The molecule has 0 radical (unpaired) electrons. The van der Waals surface area contributed by atoms with Crippen molar-refractivity contribution in [3.8, 4) is 6.07 Å². The summed E-state index contributed by atoms with van der Waals surface area (Å²) in [6.45, 7) is 6.18. The highest BCUT2D eigenvalue weighted by atomic mass is 32.2. The van der Waals surface area contributed by atoms with Gasteiger partial charge in [-0.25, -0.2) is 4.98 Å². The molecule has 0 saturated carbocycles. The fourth-order valence-corrected chi connectivity index (χ4v) is 3.43. The molecule has 0 spiro atoms. The molecule has 0 aliphatic heterocycles. The van der Waals surface area contributed by atoms with Crippen molar-refractivity contribution in [2.24, 2.45) is 0 Å². The number of para-hydroxylation sites is 1. The summed E-state index contributed by atoms with van der Waals surface area (Å²) in [4.78, 5) is 16.6. The quantitative estimate of drug-likeness (QED) is 0.856. The zero-order chi connectivity index (χ0) is 14.8. The van der Waals surface area contributed by atoms with Crippen molar-refractivity contribution in [3.63, 3.8) is 0 Å². The topological polar surface area (TPSA) is 53.8 Å². The number of nitriles is 1. The third-order valence-electron chi connectivity index (χ3n) is 2.66. The molecule has 0 aliphatic carbocycles. The Morgan fingerprint density at radius 3 is 2.75 bits per heavy atom. The SMILES string of the molecule is CC(C)(C)SCC(=O)C(C#N)c1nc2ccccc2s1. The number of carbonyl (C=O) groups is 1. The molecule has 1 aromatic carbocycles. The Balaban J connectivity index is 2.19. The first-order valence-corrected chi connectivity index (χ1v) is 8.13. The second-order valence-corrected chi connectivity index (χ2v) is 8.31. The van der Waals surface area contributed by atoms with Crippen LogP contribution in [0.3, 0.4) is 0 Å². The van der Waals surface area contributed by atoms with Crippen LogP contribution in [0.1, 0.15) is 31.7 Å². The average molecular weight is 304 g/mol. The van der Waals surface area contributed by atoms with E-state index in [4.69, 9.17) is 0 Å². The van der Waals surface area contributed by atoms with Gasteiger partial charge in [-0.15, -0.1) is 23.1 Å². The molecule has 2 rings (SSSR count). The van der Waals surface area contributed by atoms with Gasteiger partial charge in [-0.1, -0.05) is 32.9 Å². The van der Waals surface area contributed by atoms with Gasteiger partial charge < -0.3 is 0 Å². The van der Waals surface area contributed by atoms with E-state index in [1.807, 2.05) is 24.3 Å². The molecule has 5 heteroatoms. The van der Waals surface area contributed by atoms with Crippen LogP contribution in [-0.4, -0.2) is 21.3 Å². The third-order valence-corrected chi connectivity index (χ3v) is 5.05. The van der Waals surface area contributed by atoms with E-state index in [1.165, 1.54) is 11.3 Å². The molecule has 1 heterocycles. The number of fused-ring (bicyclic) bond motifs is 1. The number of hydrogen-bond acceptors (Lipinski definition) is 5. The van der Waals surface area contributed by atoms with E-state index in [2.05, 4.69) is 31.8 Å². The molecule has 104 valence electrons. The van der Waals surface area contributed by atoms with E-state index in [-0.39, 0.29) is 10.5 Å². The van der Waals surface area contributed by atoms with Crippen LogP contribution in [0.25, 0.3) is 10.2 Å². The lowest BCUT2D eigenvalue weighted by Crippen LogP contribution is -2.18. The molecule has 1 atom stereocenters. The first kappa shape index (κ1) is 15.0. The van der Waals surface area contributed by atoms with Gasteiger partial charge in [-0.3, -0.25) is 4.79 Å². The van der Waals surface area contributed by atoms with Gasteiger partial charge in [0.05, 0.1) is 22.0 Å². The van der Waals surface area contributed by atoms with Gasteiger partial charge in [-0.2, -0.15) is 5.26 Å². The van der Waals surface area contributed by atoms with Gasteiger partial charge in [0, 0.05) is 4.75 Å². The number of thiazole rings is 1. The number of nitrogens with zero attached hydrogens (tertiary/aromatic N) is 2. The molecule has 0 fully saturated rings. The van der Waals surface area contributed by atoms with E-state index in [1.54, 1.807) is 11.8 Å². The largest absolute Gasteiger partial charge is 0.297 e. The molecular formula is C15H16N2OS2. The summed E-state index contributed by atoms with van der Waals surface area (Å²) in [5.74, 6) is -0.466. The minimum atomic E-state index is -0.748. The number of aromatic nitrogens is 1. The van der Waals surface area contributed by atoms with E-state index >= 15 is 0 Å². The first-order chi connectivity index (χ1) is 9.40. The number of thioether (sulfide) groups is 1. The molecule has 0 saturated heterocycles. The number of carbonyl (C=O) groups excluding carboxylic acids is 1. The number of rotatable bonds is 4. The Hall–Kier alpha value is -1.38. The number of benzene rings is 1. The molecule has 0 bridgehead atoms. The fourth-order valence-electron chi connectivity index (χ4n) is 1.65. The van der Waals surface area contributed by atoms with Gasteiger partial charge in [0.15, 0.2) is 11.7 Å². The van der Waals surface area contributed by atoms with Gasteiger partial charge in [-0.05, 0) is 12.1 Å². The standard InChI is InChI=1S/C15H16N2OS2/c1-15(2,3)19-9-12(18)10(8-16)14-17-11-6-4-5-7-13(11)20-14/h4-7,10H,9H2,1-3H3. The van der Waals surface area contributed by atoms with Crippen LogP contribution in [0.5, 0.6) is 0 Å². The smallest absolute Gasteiger partial charge is 0.166 e. The Kier molecular flexibility index (Phi) is 4.46. The monoisotopic (exact) mass is 304 g/mol.